The van der Waals surface area contributed by atoms with E-state index < -0.39 is 29.7 Å². The average Bonchev–Trinajstić information content (AvgIpc) is 4.26. The van der Waals surface area contributed by atoms with E-state index in [1.165, 1.54) is 34.2 Å². The van der Waals surface area contributed by atoms with E-state index in [1.54, 1.807) is 36.4 Å². The summed E-state index contributed by atoms with van der Waals surface area (Å²) in [5.74, 6) is 1.29. The van der Waals surface area contributed by atoms with Crippen LogP contribution in [0.2, 0.25) is 0 Å². The summed E-state index contributed by atoms with van der Waals surface area (Å²) >= 11 is 0. The molecule has 0 aliphatic carbocycles. The molecular weight excluding hydrogens is 925 g/mol. The van der Waals surface area contributed by atoms with Gasteiger partial charge in [-0.2, -0.15) is 0 Å². The number of esters is 1. The molecule has 72 heavy (non-hydrogen) atoms. The van der Waals surface area contributed by atoms with Crippen molar-refractivity contribution in [1.82, 2.24) is 18.9 Å². The number of hydrogen-bond acceptors (Lipinski definition) is 12. The number of aromatic nitrogens is 2. The summed E-state index contributed by atoms with van der Waals surface area (Å²) in [7, 11) is 4.24. The van der Waals surface area contributed by atoms with E-state index in [2.05, 4.69) is 44.5 Å². The molecule has 17 heteroatoms. The highest BCUT2D eigenvalue weighted by Gasteiger charge is 2.46. The molecule has 0 unspecified atom stereocenters. The van der Waals surface area contributed by atoms with Crippen molar-refractivity contribution in [2.45, 2.75) is 49.7 Å². The first-order chi connectivity index (χ1) is 35.0. The molecule has 6 aromatic rings. The summed E-state index contributed by atoms with van der Waals surface area (Å²) < 4.78 is 48.3. The van der Waals surface area contributed by atoms with Gasteiger partial charge in [-0.3, -0.25) is 9.59 Å². The number of fused-ring (bicyclic) bond motifs is 8. The smallest absolute Gasteiger partial charge is 0.343 e. The minimum atomic E-state index is -1.09. The number of ether oxygens (including phenoxy) is 8. The lowest BCUT2D eigenvalue weighted by atomic mass is 9.86. The van der Waals surface area contributed by atoms with Crippen LogP contribution >= 0.6 is 0 Å². The molecule has 5 aliphatic rings. The van der Waals surface area contributed by atoms with E-state index in [1.807, 2.05) is 64.4 Å². The minimum Gasteiger partial charge on any atom is -0.493 e. The molecular formula is C55H58N4O13. The number of rotatable bonds is 10. The van der Waals surface area contributed by atoms with Crippen LogP contribution in [0, 0.1) is 0 Å². The molecule has 11 rings (SSSR count). The van der Waals surface area contributed by atoms with Crippen molar-refractivity contribution >= 4 is 23.8 Å². The first-order valence-corrected chi connectivity index (χ1v) is 24.0. The highest BCUT2D eigenvalue weighted by Crippen LogP contribution is 2.47. The topological polar surface area (TPSA) is 179 Å². The molecule has 7 heterocycles. The second-order valence-electron chi connectivity index (χ2n) is 17.8. The van der Waals surface area contributed by atoms with Crippen LogP contribution in [-0.2, 0) is 30.3 Å². The third kappa shape index (κ3) is 10.1. The number of carbonyl (C=O) groups excluding carboxylic acids is 3. The Morgan fingerprint density at radius 1 is 0.556 bits per heavy atom. The number of carboxylic acids is 1. The quantitative estimate of drug-likeness (QED) is 0.132. The number of nitrogens with zero attached hydrogens (tertiary/aromatic N) is 4. The molecule has 0 atom stereocenters. The number of methoxy groups -OCH3 is 3. The van der Waals surface area contributed by atoms with Crippen LogP contribution < -0.4 is 28.4 Å². The Hall–Kier alpha value is -7.92. The van der Waals surface area contributed by atoms with Gasteiger partial charge in [-0.05, 0) is 97.8 Å². The zero-order valence-electron chi connectivity index (χ0n) is 40.6. The lowest BCUT2D eigenvalue weighted by Crippen LogP contribution is -2.50. The number of amides is 2. The number of benzene rings is 4. The van der Waals surface area contributed by atoms with Gasteiger partial charge in [-0.25, -0.2) is 9.59 Å². The Kier molecular flexibility index (Phi) is 14.7. The van der Waals surface area contributed by atoms with Gasteiger partial charge in [-0.1, -0.05) is 24.3 Å². The van der Waals surface area contributed by atoms with Crippen molar-refractivity contribution in [2.75, 3.05) is 73.9 Å². The fraction of sp³-hybridized carbons (Fsp3) is 0.345. The van der Waals surface area contributed by atoms with Crippen molar-refractivity contribution in [3.63, 3.8) is 0 Å². The van der Waals surface area contributed by atoms with Gasteiger partial charge < -0.3 is 61.9 Å². The van der Waals surface area contributed by atoms with Crippen LogP contribution in [0.5, 0.6) is 34.5 Å². The van der Waals surface area contributed by atoms with E-state index in [4.69, 9.17) is 38.3 Å². The lowest BCUT2D eigenvalue weighted by Gasteiger charge is -2.45. The molecule has 376 valence electrons. The van der Waals surface area contributed by atoms with E-state index in [-0.39, 0.29) is 24.2 Å². The molecule has 2 amide bonds. The zero-order chi connectivity index (χ0) is 50.2. The summed E-state index contributed by atoms with van der Waals surface area (Å²) in [6.07, 6.45) is 9.40. The standard InChI is InChI=1S/C26H26N2O6.C25H24N2O6.C4H8O/c1-31-22-16-18(9-10-21(22)33-17-24(29)32-2)25(30)27-14-11-26(12-15-27)23-8-5-13-28(23)19-6-3-4-7-20(19)34-26;1-31-21-15-17(8-9-20(21)32-16-23(28)29)24(30)26-13-10-25(11-14-26)22-7-4-12-27(22)18-5-2-3-6-19(18)33-25;1-2-4-5-3-1/h3-10,13,16H,11-12,14-15,17H2,1-2H3;2-9,12,15H,10-11,13-14,16H2,1H3,(H,28,29);1-4H2. The van der Waals surface area contributed by atoms with Crippen LogP contribution in [0.15, 0.2) is 122 Å². The molecule has 17 nitrogen and oxygen atoms in total. The first-order valence-electron chi connectivity index (χ1n) is 24.0. The molecule has 3 saturated heterocycles. The van der Waals surface area contributed by atoms with Crippen molar-refractivity contribution < 1.29 is 62.2 Å². The summed E-state index contributed by atoms with van der Waals surface area (Å²) in [6, 6.07) is 34.0. The first kappa shape index (κ1) is 49.1. The number of aliphatic carboxylic acids is 1. The van der Waals surface area contributed by atoms with Crippen LogP contribution in [0.1, 0.15) is 70.6 Å². The predicted molar refractivity (Wildman–Crippen MR) is 263 cm³/mol. The number of carboxylic acid groups (broad SMARTS) is 1. The third-order valence-electron chi connectivity index (χ3n) is 13.6. The van der Waals surface area contributed by atoms with Crippen molar-refractivity contribution in [2.24, 2.45) is 0 Å². The fourth-order valence-corrected chi connectivity index (χ4v) is 9.84. The van der Waals surface area contributed by atoms with Gasteiger partial charge in [0.25, 0.3) is 11.8 Å². The van der Waals surface area contributed by atoms with E-state index in [9.17, 15) is 19.2 Å². The summed E-state index contributed by atoms with van der Waals surface area (Å²) in [5, 5.41) is 8.82. The summed E-state index contributed by atoms with van der Waals surface area (Å²) in [6.45, 7) is 3.50. The Bertz CT molecular complexity index is 2900. The maximum Gasteiger partial charge on any atom is 0.343 e. The zero-order valence-corrected chi connectivity index (χ0v) is 40.6. The number of para-hydroxylation sites is 4. The van der Waals surface area contributed by atoms with Gasteiger partial charge in [0, 0.05) is 88.6 Å². The Morgan fingerprint density at radius 2 is 1.00 bits per heavy atom. The molecule has 2 spiro atoms. The van der Waals surface area contributed by atoms with Crippen molar-refractivity contribution in [3.05, 3.63) is 144 Å². The maximum atomic E-state index is 13.3. The van der Waals surface area contributed by atoms with Gasteiger partial charge in [0.2, 0.25) is 0 Å². The van der Waals surface area contributed by atoms with E-state index >= 15 is 0 Å². The highest BCUT2D eigenvalue weighted by atomic mass is 16.6. The van der Waals surface area contributed by atoms with Crippen molar-refractivity contribution in [3.8, 4) is 45.9 Å². The summed E-state index contributed by atoms with van der Waals surface area (Å²) in [5.41, 5.74) is 4.31. The van der Waals surface area contributed by atoms with Crippen molar-refractivity contribution in [1.29, 1.82) is 0 Å². The monoisotopic (exact) mass is 982 g/mol. The number of carbonyl (C=O) groups is 4. The average molecular weight is 983 g/mol. The van der Waals surface area contributed by atoms with E-state index in [0.717, 1.165) is 47.5 Å². The van der Waals surface area contributed by atoms with Crippen LogP contribution in [0.4, 0.5) is 0 Å². The normalized spacial score (nSPS) is 16.3. The third-order valence-corrected chi connectivity index (χ3v) is 13.6. The number of piperidine rings is 2. The lowest BCUT2D eigenvalue weighted by molar-refractivity contribution is -0.143. The minimum absolute atomic E-state index is 0.0840. The molecule has 0 radical (unpaired) electrons. The van der Waals surface area contributed by atoms with Gasteiger partial charge in [0.1, 0.15) is 11.5 Å². The molecule has 1 N–H and O–H groups in total. The molecule has 3 fully saturated rings. The van der Waals surface area contributed by atoms with Crippen LogP contribution in [0.25, 0.3) is 11.4 Å². The fourth-order valence-electron chi connectivity index (χ4n) is 9.84. The van der Waals surface area contributed by atoms with Crippen LogP contribution in [-0.4, -0.2) is 122 Å². The molecule has 0 bridgehead atoms. The van der Waals surface area contributed by atoms with Gasteiger partial charge in [0.05, 0.1) is 44.1 Å². The predicted octanol–water partition coefficient (Wildman–Crippen LogP) is 7.83. The number of likely N-dealkylation sites (tertiary alicyclic amines) is 2. The van der Waals surface area contributed by atoms with Gasteiger partial charge in [-0.15, -0.1) is 0 Å². The largest absolute Gasteiger partial charge is 0.493 e. The SMILES string of the molecule is C1CCOC1.COC(=O)COc1ccc(C(=O)N2CCC3(CC2)Oc2ccccc2-n2cccc23)cc1OC.COc1cc(C(=O)N2CCC3(CC2)Oc2ccccc2-n2cccc23)ccc1OCC(=O)O. The Balaban J connectivity index is 0.000000162. The second-order valence-corrected chi connectivity index (χ2v) is 17.8. The van der Waals surface area contributed by atoms with Gasteiger partial charge >= 0.3 is 11.9 Å². The summed E-state index contributed by atoms with van der Waals surface area (Å²) in [4.78, 5) is 52.3. The second kappa shape index (κ2) is 21.6. The molecule has 2 aromatic heterocycles. The Labute approximate surface area is 417 Å². The molecule has 4 aromatic carbocycles. The molecule has 5 aliphatic heterocycles. The Morgan fingerprint density at radius 3 is 1.40 bits per heavy atom. The maximum absolute atomic E-state index is 13.3. The van der Waals surface area contributed by atoms with Gasteiger partial charge in [0.15, 0.2) is 47.4 Å². The molecule has 0 saturated carbocycles. The van der Waals surface area contributed by atoms with Crippen LogP contribution in [0.3, 0.4) is 0 Å². The van der Waals surface area contributed by atoms with E-state index in [0.29, 0.717) is 80.2 Å². The number of hydrogen-bond donors (Lipinski definition) is 1. The highest BCUT2D eigenvalue weighted by molar-refractivity contribution is 5.95.